The fourth-order valence-corrected chi connectivity index (χ4v) is 3.71. The smallest absolute Gasteiger partial charge is 0.357 e. The molecule has 0 bridgehead atoms. The summed E-state index contributed by atoms with van der Waals surface area (Å²) < 4.78 is 4.66. The molecule has 1 heterocycles. The molecule has 0 radical (unpaired) electrons. The average molecular weight is 298 g/mol. The number of carbonyl (C=O) groups excluding carboxylic acids is 1. The number of nitrogens with zero attached hydrogens (tertiary/aromatic N) is 2. The molecule has 0 amide bonds. The summed E-state index contributed by atoms with van der Waals surface area (Å²) in [6, 6.07) is 12.6. The summed E-state index contributed by atoms with van der Waals surface area (Å²) in [7, 11) is 1.33. The highest BCUT2D eigenvalue weighted by Gasteiger charge is 2.48. The van der Waals surface area contributed by atoms with Crippen LogP contribution >= 0.6 is 11.3 Å². The minimum Gasteiger partial charge on any atom is -0.464 e. The molecule has 1 aliphatic carbocycles. The molecule has 1 fully saturated rings. The van der Waals surface area contributed by atoms with E-state index < -0.39 is 11.4 Å². The zero-order valence-electron chi connectivity index (χ0n) is 11.6. The molecule has 1 aromatic heterocycles. The van der Waals surface area contributed by atoms with Crippen molar-refractivity contribution in [2.75, 3.05) is 7.11 Å². The van der Waals surface area contributed by atoms with Crippen molar-refractivity contribution in [3.8, 4) is 6.07 Å². The minimum atomic E-state index is -0.558. The van der Waals surface area contributed by atoms with Crippen LogP contribution in [0.15, 0.2) is 35.7 Å². The van der Waals surface area contributed by atoms with E-state index in [1.165, 1.54) is 24.0 Å². The molecule has 0 unspecified atom stereocenters. The summed E-state index contributed by atoms with van der Waals surface area (Å²) in [5.41, 5.74) is 0.987. The molecule has 0 saturated heterocycles. The standard InChI is InChI=1S/C16H14N2O2S/c1-20-14(19)13-9-21-15(18-13)16(10-17)7-12(8-16)11-5-3-2-4-6-11/h2-6,9,12H,7-8H2,1H3. The summed E-state index contributed by atoms with van der Waals surface area (Å²) in [5, 5.41) is 11.9. The van der Waals surface area contributed by atoms with E-state index in [1.54, 1.807) is 5.38 Å². The van der Waals surface area contributed by atoms with E-state index >= 15 is 0 Å². The van der Waals surface area contributed by atoms with Crippen LogP contribution in [0.1, 0.15) is 39.8 Å². The molecule has 0 atom stereocenters. The number of ether oxygens (including phenoxy) is 1. The molecule has 1 saturated carbocycles. The first-order valence-electron chi connectivity index (χ1n) is 6.69. The second-order valence-corrected chi connectivity index (χ2v) is 6.10. The van der Waals surface area contributed by atoms with E-state index in [9.17, 15) is 10.1 Å². The zero-order chi connectivity index (χ0) is 14.9. The van der Waals surface area contributed by atoms with Crippen LogP contribution in [-0.4, -0.2) is 18.1 Å². The Morgan fingerprint density at radius 1 is 1.43 bits per heavy atom. The van der Waals surface area contributed by atoms with Crippen LogP contribution < -0.4 is 0 Å². The van der Waals surface area contributed by atoms with Crippen LogP contribution in [0, 0.1) is 11.3 Å². The van der Waals surface area contributed by atoms with Gasteiger partial charge in [0.2, 0.25) is 0 Å². The SMILES string of the molecule is COC(=O)c1csc(C2(C#N)CC(c3ccccc3)C2)n1. The molecule has 3 rings (SSSR count). The average Bonchev–Trinajstić information content (AvgIpc) is 2.97. The first-order chi connectivity index (χ1) is 10.2. The van der Waals surface area contributed by atoms with E-state index in [4.69, 9.17) is 0 Å². The maximum absolute atomic E-state index is 11.5. The maximum atomic E-state index is 11.5. The number of rotatable bonds is 3. The highest BCUT2D eigenvalue weighted by molar-refractivity contribution is 7.10. The quantitative estimate of drug-likeness (QED) is 0.816. The molecule has 0 spiro atoms. The number of methoxy groups -OCH3 is 1. The number of nitriles is 1. The number of thiazole rings is 1. The summed E-state index contributed by atoms with van der Waals surface area (Å²) >= 11 is 1.36. The number of esters is 1. The van der Waals surface area contributed by atoms with E-state index in [-0.39, 0.29) is 5.69 Å². The zero-order valence-corrected chi connectivity index (χ0v) is 12.4. The van der Waals surface area contributed by atoms with Crippen LogP contribution in [-0.2, 0) is 10.2 Å². The summed E-state index contributed by atoms with van der Waals surface area (Å²) in [4.78, 5) is 15.8. The van der Waals surface area contributed by atoms with Gasteiger partial charge in [-0.15, -0.1) is 11.3 Å². The molecule has 2 aromatic rings. The van der Waals surface area contributed by atoms with Gasteiger partial charge >= 0.3 is 5.97 Å². The van der Waals surface area contributed by atoms with Crippen LogP contribution in [0.4, 0.5) is 0 Å². The van der Waals surface area contributed by atoms with Gasteiger partial charge in [0.25, 0.3) is 0 Å². The van der Waals surface area contributed by atoms with Gasteiger partial charge in [0.05, 0.1) is 13.2 Å². The normalized spacial score (nSPS) is 23.9. The number of hydrogen-bond donors (Lipinski definition) is 0. The van der Waals surface area contributed by atoms with Crippen molar-refractivity contribution in [2.45, 2.75) is 24.2 Å². The number of hydrogen-bond acceptors (Lipinski definition) is 5. The third kappa shape index (κ3) is 2.32. The van der Waals surface area contributed by atoms with Gasteiger partial charge in [0.1, 0.15) is 10.4 Å². The molecule has 0 N–H and O–H groups in total. The van der Waals surface area contributed by atoms with Gasteiger partial charge in [0, 0.05) is 5.38 Å². The molecule has 0 aliphatic heterocycles. The lowest BCUT2D eigenvalue weighted by Gasteiger charge is -2.41. The Bertz CT molecular complexity index is 697. The summed E-state index contributed by atoms with van der Waals surface area (Å²) in [6.07, 6.45) is 1.50. The van der Waals surface area contributed by atoms with E-state index in [2.05, 4.69) is 27.9 Å². The number of benzene rings is 1. The summed E-state index contributed by atoms with van der Waals surface area (Å²) in [5.74, 6) is -0.0687. The van der Waals surface area contributed by atoms with Gasteiger partial charge in [-0.25, -0.2) is 9.78 Å². The molecule has 4 nitrogen and oxygen atoms in total. The van der Waals surface area contributed by atoms with Crippen molar-refractivity contribution >= 4 is 17.3 Å². The second kappa shape index (κ2) is 5.30. The Labute approximate surface area is 127 Å². The molecule has 5 heteroatoms. The number of carbonyl (C=O) groups is 1. The first kappa shape index (κ1) is 13.8. The van der Waals surface area contributed by atoms with Crippen LogP contribution in [0.25, 0.3) is 0 Å². The van der Waals surface area contributed by atoms with Gasteiger partial charge < -0.3 is 4.74 Å². The largest absolute Gasteiger partial charge is 0.464 e. The Morgan fingerprint density at radius 3 is 2.76 bits per heavy atom. The molecular formula is C16H14N2O2S. The van der Waals surface area contributed by atoms with Gasteiger partial charge in [-0.2, -0.15) is 5.26 Å². The van der Waals surface area contributed by atoms with Gasteiger partial charge in [0.15, 0.2) is 5.69 Å². The fraction of sp³-hybridized carbons (Fsp3) is 0.312. The molecule has 21 heavy (non-hydrogen) atoms. The molecular weight excluding hydrogens is 284 g/mol. The third-order valence-electron chi connectivity index (χ3n) is 3.98. The van der Waals surface area contributed by atoms with Crippen molar-refractivity contribution in [2.24, 2.45) is 0 Å². The van der Waals surface area contributed by atoms with Crippen LogP contribution in [0.3, 0.4) is 0 Å². The van der Waals surface area contributed by atoms with Crippen molar-refractivity contribution in [3.05, 3.63) is 52.0 Å². The van der Waals surface area contributed by atoms with Crippen molar-refractivity contribution in [1.82, 2.24) is 4.98 Å². The van der Waals surface area contributed by atoms with Crippen molar-refractivity contribution in [3.63, 3.8) is 0 Å². The Kier molecular flexibility index (Phi) is 3.48. The molecule has 1 aromatic carbocycles. The van der Waals surface area contributed by atoms with E-state index in [0.29, 0.717) is 5.92 Å². The van der Waals surface area contributed by atoms with Gasteiger partial charge in [-0.05, 0) is 24.3 Å². The predicted molar refractivity (Wildman–Crippen MR) is 79.2 cm³/mol. The monoisotopic (exact) mass is 298 g/mol. The summed E-state index contributed by atoms with van der Waals surface area (Å²) in [6.45, 7) is 0. The van der Waals surface area contributed by atoms with Crippen LogP contribution in [0.5, 0.6) is 0 Å². The maximum Gasteiger partial charge on any atom is 0.357 e. The highest BCUT2D eigenvalue weighted by atomic mass is 32.1. The topological polar surface area (TPSA) is 63.0 Å². The van der Waals surface area contributed by atoms with Gasteiger partial charge in [-0.3, -0.25) is 0 Å². The molecule has 1 aliphatic rings. The van der Waals surface area contributed by atoms with Crippen LogP contribution in [0.2, 0.25) is 0 Å². The van der Waals surface area contributed by atoms with E-state index in [0.717, 1.165) is 17.8 Å². The first-order valence-corrected chi connectivity index (χ1v) is 7.57. The Hall–Kier alpha value is -2.19. The lowest BCUT2D eigenvalue weighted by Crippen LogP contribution is -2.38. The fourth-order valence-electron chi connectivity index (χ4n) is 2.75. The highest BCUT2D eigenvalue weighted by Crippen LogP contribution is 2.52. The third-order valence-corrected chi connectivity index (χ3v) is 5.03. The second-order valence-electron chi connectivity index (χ2n) is 5.24. The lowest BCUT2D eigenvalue weighted by atomic mass is 9.61. The number of aromatic nitrogens is 1. The lowest BCUT2D eigenvalue weighted by molar-refractivity contribution is 0.0594. The van der Waals surface area contributed by atoms with Gasteiger partial charge in [-0.1, -0.05) is 30.3 Å². The van der Waals surface area contributed by atoms with E-state index in [1.807, 2.05) is 18.2 Å². The molecule has 106 valence electrons. The Morgan fingerprint density at radius 2 is 2.14 bits per heavy atom. The predicted octanol–water partition coefficient (Wildman–Crippen LogP) is 3.27. The van der Waals surface area contributed by atoms with Crippen molar-refractivity contribution in [1.29, 1.82) is 5.26 Å². The van der Waals surface area contributed by atoms with Crippen molar-refractivity contribution < 1.29 is 9.53 Å². The Balaban J connectivity index is 1.80. The minimum absolute atomic E-state index is 0.287.